The minimum atomic E-state index is -0.643. The maximum absolute atomic E-state index is 12.1. The standard InChI is InChI=1S/C22H36O3/c1-3-5-7-9-11-13-18(23)15-16-20-19(21(24)17-22(20)25)14-12-10-8-6-4-2/h10,12,15-16,19-20,22,25H,3-9,11,13-14,17H2,1-2H3/b12-10+,16-15+. The maximum Gasteiger partial charge on any atom is 0.155 e. The highest BCUT2D eigenvalue weighted by Gasteiger charge is 2.39. The topological polar surface area (TPSA) is 54.4 Å². The van der Waals surface area contributed by atoms with Gasteiger partial charge in [-0.05, 0) is 25.3 Å². The quantitative estimate of drug-likeness (QED) is 0.284. The second-order valence-corrected chi connectivity index (χ2v) is 7.26. The molecule has 3 heteroatoms. The van der Waals surface area contributed by atoms with Gasteiger partial charge in [-0.15, -0.1) is 0 Å². The lowest BCUT2D eigenvalue weighted by Crippen LogP contribution is -2.18. The summed E-state index contributed by atoms with van der Waals surface area (Å²) >= 11 is 0. The summed E-state index contributed by atoms with van der Waals surface area (Å²) in [5, 5.41) is 10.1. The lowest BCUT2D eigenvalue weighted by molar-refractivity contribution is -0.121. The van der Waals surface area contributed by atoms with E-state index in [4.69, 9.17) is 0 Å². The molecule has 0 aromatic heterocycles. The highest BCUT2D eigenvalue weighted by Crippen LogP contribution is 2.33. The Bertz CT molecular complexity index is 450. The Morgan fingerprint density at radius 2 is 1.80 bits per heavy atom. The average molecular weight is 349 g/mol. The number of hydrogen-bond donors (Lipinski definition) is 1. The molecule has 0 aliphatic heterocycles. The molecule has 0 saturated heterocycles. The van der Waals surface area contributed by atoms with Gasteiger partial charge >= 0.3 is 0 Å². The molecule has 3 atom stereocenters. The van der Waals surface area contributed by atoms with Crippen LogP contribution in [-0.2, 0) is 9.59 Å². The molecule has 0 heterocycles. The highest BCUT2D eigenvalue weighted by atomic mass is 16.3. The summed E-state index contributed by atoms with van der Waals surface area (Å²) in [6.07, 6.45) is 17.4. The van der Waals surface area contributed by atoms with E-state index in [1.54, 1.807) is 12.2 Å². The largest absolute Gasteiger partial charge is 0.392 e. The van der Waals surface area contributed by atoms with Crippen LogP contribution < -0.4 is 0 Å². The van der Waals surface area contributed by atoms with Crippen LogP contribution in [0.2, 0.25) is 0 Å². The molecule has 0 spiro atoms. The van der Waals surface area contributed by atoms with Gasteiger partial charge in [-0.1, -0.05) is 70.6 Å². The third-order valence-corrected chi connectivity index (χ3v) is 5.04. The monoisotopic (exact) mass is 348 g/mol. The second-order valence-electron chi connectivity index (χ2n) is 7.26. The van der Waals surface area contributed by atoms with Crippen LogP contribution in [-0.4, -0.2) is 22.8 Å². The highest BCUT2D eigenvalue weighted by molar-refractivity contribution is 5.90. The number of carbonyl (C=O) groups is 2. The van der Waals surface area contributed by atoms with E-state index >= 15 is 0 Å². The van der Waals surface area contributed by atoms with E-state index in [-0.39, 0.29) is 29.8 Å². The van der Waals surface area contributed by atoms with Gasteiger partial charge in [-0.25, -0.2) is 0 Å². The molecule has 1 rings (SSSR count). The predicted octanol–water partition coefficient (Wildman–Crippen LogP) is 5.17. The van der Waals surface area contributed by atoms with Gasteiger partial charge in [-0.2, -0.15) is 0 Å². The molecule has 142 valence electrons. The molecule has 0 radical (unpaired) electrons. The van der Waals surface area contributed by atoms with Gasteiger partial charge in [0.25, 0.3) is 0 Å². The number of aliphatic hydroxyl groups is 1. The molecule has 25 heavy (non-hydrogen) atoms. The van der Waals surface area contributed by atoms with Crippen molar-refractivity contribution in [2.45, 2.75) is 90.6 Å². The van der Waals surface area contributed by atoms with Crippen LogP contribution in [0.25, 0.3) is 0 Å². The van der Waals surface area contributed by atoms with Crippen LogP contribution in [0.4, 0.5) is 0 Å². The third-order valence-electron chi connectivity index (χ3n) is 5.04. The zero-order valence-corrected chi connectivity index (χ0v) is 16.1. The molecule has 1 aliphatic carbocycles. The molecule has 3 unspecified atom stereocenters. The second kappa shape index (κ2) is 13.0. The first-order valence-corrected chi connectivity index (χ1v) is 10.2. The SMILES string of the molecule is CCCC/C=C/CC1C(=O)CC(O)C1/C=C/C(=O)CCCCCCC. The van der Waals surface area contributed by atoms with E-state index in [1.165, 1.54) is 19.3 Å². The van der Waals surface area contributed by atoms with Gasteiger partial charge in [0, 0.05) is 24.7 Å². The van der Waals surface area contributed by atoms with E-state index in [9.17, 15) is 14.7 Å². The Hall–Kier alpha value is -1.22. The van der Waals surface area contributed by atoms with E-state index in [0.717, 1.165) is 32.1 Å². The molecular formula is C22H36O3. The molecule has 0 bridgehead atoms. The van der Waals surface area contributed by atoms with Gasteiger partial charge < -0.3 is 5.11 Å². The number of hydrogen-bond acceptors (Lipinski definition) is 3. The predicted molar refractivity (Wildman–Crippen MR) is 103 cm³/mol. The Labute approximate surface area is 153 Å². The van der Waals surface area contributed by atoms with Crippen LogP contribution in [0.1, 0.15) is 84.5 Å². The van der Waals surface area contributed by atoms with Crippen LogP contribution >= 0.6 is 0 Å². The number of ketones is 2. The summed E-state index contributed by atoms with van der Waals surface area (Å²) in [6, 6.07) is 0. The summed E-state index contributed by atoms with van der Waals surface area (Å²) in [4.78, 5) is 24.1. The van der Waals surface area contributed by atoms with Crippen molar-refractivity contribution in [2.24, 2.45) is 11.8 Å². The summed E-state index contributed by atoms with van der Waals surface area (Å²) < 4.78 is 0. The van der Waals surface area contributed by atoms with Crippen molar-refractivity contribution >= 4 is 11.6 Å². The number of aliphatic hydroxyl groups excluding tert-OH is 1. The summed E-state index contributed by atoms with van der Waals surface area (Å²) in [5.74, 6) is -0.163. The van der Waals surface area contributed by atoms with Gasteiger partial charge in [-0.3, -0.25) is 9.59 Å². The first-order valence-electron chi connectivity index (χ1n) is 10.2. The zero-order valence-electron chi connectivity index (χ0n) is 16.1. The molecule has 0 aromatic rings. The zero-order chi connectivity index (χ0) is 18.5. The summed E-state index contributed by atoms with van der Waals surface area (Å²) in [6.45, 7) is 4.34. The fourth-order valence-corrected chi connectivity index (χ4v) is 3.41. The van der Waals surface area contributed by atoms with Crippen molar-refractivity contribution in [3.63, 3.8) is 0 Å². The Balaban J connectivity index is 2.44. The van der Waals surface area contributed by atoms with Gasteiger partial charge in [0.2, 0.25) is 0 Å². The minimum absolute atomic E-state index is 0.111. The molecule has 1 N–H and O–H groups in total. The molecule has 0 aromatic carbocycles. The van der Waals surface area contributed by atoms with Crippen molar-refractivity contribution in [1.82, 2.24) is 0 Å². The first kappa shape index (κ1) is 21.8. The fourth-order valence-electron chi connectivity index (χ4n) is 3.41. The minimum Gasteiger partial charge on any atom is -0.392 e. The Morgan fingerprint density at radius 1 is 1.08 bits per heavy atom. The Morgan fingerprint density at radius 3 is 2.52 bits per heavy atom. The van der Waals surface area contributed by atoms with E-state index < -0.39 is 6.10 Å². The van der Waals surface area contributed by atoms with Gasteiger partial charge in [0.05, 0.1) is 6.10 Å². The number of allylic oxidation sites excluding steroid dienone is 3. The van der Waals surface area contributed by atoms with Crippen LogP contribution in [0.3, 0.4) is 0 Å². The number of rotatable bonds is 13. The summed E-state index contributed by atoms with van der Waals surface area (Å²) in [5.41, 5.74) is 0. The van der Waals surface area contributed by atoms with E-state index in [0.29, 0.717) is 12.8 Å². The van der Waals surface area contributed by atoms with E-state index in [1.807, 2.05) is 0 Å². The molecular weight excluding hydrogens is 312 g/mol. The smallest absolute Gasteiger partial charge is 0.155 e. The van der Waals surface area contributed by atoms with Crippen LogP contribution in [0, 0.1) is 11.8 Å². The maximum atomic E-state index is 12.1. The lowest BCUT2D eigenvalue weighted by atomic mass is 9.90. The molecule has 3 nitrogen and oxygen atoms in total. The van der Waals surface area contributed by atoms with Gasteiger partial charge in [0.1, 0.15) is 5.78 Å². The van der Waals surface area contributed by atoms with Crippen LogP contribution in [0.15, 0.2) is 24.3 Å². The average Bonchev–Trinajstić information content (AvgIpc) is 2.85. The number of carbonyl (C=O) groups excluding carboxylic acids is 2. The fraction of sp³-hybridized carbons (Fsp3) is 0.727. The molecule has 1 fully saturated rings. The van der Waals surface area contributed by atoms with Crippen molar-refractivity contribution in [1.29, 1.82) is 0 Å². The van der Waals surface area contributed by atoms with Crippen LogP contribution in [0.5, 0.6) is 0 Å². The molecule has 1 saturated carbocycles. The molecule has 0 amide bonds. The Kier molecular flexibility index (Phi) is 11.4. The lowest BCUT2D eigenvalue weighted by Gasteiger charge is -2.15. The first-order chi connectivity index (χ1) is 12.1. The van der Waals surface area contributed by atoms with Crippen molar-refractivity contribution in [3.8, 4) is 0 Å². The van der Waals surface area contributed by atoms with Crippen molar-refractivity contribution in [2.75, 3.05) is 0 Å². The normalized spacial score (nSPS) is 24.0. The van der Waals surface area contributed by atoms with Crippen molar-refractivity contribution < 1.29 is 14.7 Å². The molecule has 1 aliphatic rings. The van der Waals surface area contributed by atoms with Gasteiger partial charge in [0.15, 0.2) is 5.78 Å². The van der Waals surface area contributed by atoms with Crippen molar-refractivity contribution in [3.05, 3.63) is 24.3 Å². The summed E-state index contributed by atoms with van der Waals surface area (Å²) in [7, 11) is 0. The van der Waals surface area contributed by atoms with E-state index in [2.05, 4.69) is 26.0 Å². The number of unbranched alkanes of at least 4 members (excludes halogenated alkanes) is 6. The number of Topliss-reactive ketones (excluding diaryl/α,β-unsaturated/α-hetero) is 1. The third kappa shape index (κ3) is 8.62.